The molecular weight excluding hydrogens is 419 g/mol. The number of nitrogens with zero attached hydrogens (tertiary/aromatic N) is 1. The molecule has 1 aromatic heterocycles. The van der Waals surface area contributed by atoms with E-state index in [0.29, 0.717) is 33.5 Å². The first-order chi connectivity index (χ1) is 14.5. The molecule has 1 N–H and O–H groups in total. The maximum Gasteiger partial charge on any atom is 0.173 e. The van der Waals surface area contributed by atoms with Crippen molar-refractivity contribution in [2.75, 3.05) is 13.1 Å². The lowest BCUT2D eigenvalue weighted by Gasteiger charge is -2.18. The minimum atomic E-state index is -0.294. The molecule has 4 rings (SSSR count). The summed E-state index contributed by atoms with van der Waals surface area (Å²) in [6.07, 6.45) is 3.15. The summed E-state index contributed by atoms with van der Waals surface area (Å²) in [5.74, 6) is 0.278. The monoisotopic (exact) mass is 440 g/mol. The first-order valence-electron chi connectivity index (χ1n) is 10.0. The van der Waals surface area contributed by atoms with E-state index in [4.69, 9.17) is 17.0 Å². The SMILES string of the molecule is N=C(c1ccc(-c2cc(CCC(=O)c3ccc(Cl)s3)ccc2F)cc1)N1CCCC1. The van der Waals surface area contributed by atoms with Crippen LogP contribution in [0.5, 0.6) is 0 Å². The first kappa shape index (κ1) is 20.8. The van der Waals surface area contributed by atoms with Crippen molar-refractivity contribution in [2.24, 2.45) is 0 Å². The molecule has 0 radical (unpaired) electrons. The van der Waals surface area contributed by atoms with Crippen LogP contribution in [0.4, 0.5) is 4.39 Å². The number of halogens is 2. The van der Waals surface area contributed by atoms with Crippen LogP contribution in [0.2, 0.25) is 4.34 Å². The zero-order valence-corrected chi connectivity index (χ0v) is 18.0. The second-order valence-electron chi connectivity index (χ2n) is 7.46. The van der Waals surface area contributed by atoms with E-state index in [-0.39, 0.29) is 11.6 Å². The number of likely N-dealkylation sites (tertiary alicyclic amines) is 1. The van der Waals surface area contributed by atoms with Gasteiger partial charge in [0.15, 0.2) is 5.78 Å². The van der Waals surface area contributed by atoms with Crippen molar-refractivity contribution in [3.05, 3.63) is 80.8 Å². The number of thiophene rings is 1. The maximum absolute atomic E-state index is 14.5. The molecule has 0 amide bonds. The fourth-order valence-electron chi connectivity index (χ4n) is 3.73. The molecule has 3 aromatic rings. The minimum Gasteiger partial charge on any atom is -0.357 e. The fraction of sp³-hybridized carbons (Fsp3) is 0.250. The number of nitrogens with one attached hydrogen (secondary N) is 1. The van der Waals surface area contributed by atoms with E-state index in [1.807, 2.05) is 30.3 Å². The molecule has 154 valence electrons. The number of rotatable bonds is 6. The molecule has 2 heterocycles. The van der Waals surface area contributed by atoms with Crippen LogP contribution in [0.25, 0.3) is 11.1 Å². The molecule has 0 aliphatic carbocycles. The molecule has 1 aliphatic heterocycles. The largest absolute Gasteiger partial charge is 0.357 e. The summed E-state index contributed by atoms with van der Waals surface area (Å²) < 4.78 is 15.1. The Balaban J connectivity index is 1.47. The van der Waals surface area contributed by atoms with Gasteiger partial charge in [0, 0.05) is 30.6 Å². The molecule has 0 spiro atoms. The third-order valence-electron chi connectivity index (χ3n) is 5.41. The summed E-state index contributed by atoms with van der Waals surface area (Å²) in [4.78, 5) is 15.0. The zero-order chi connectivity index (χ0) is 21.1. The van der Waals surface area contributed by atoms with Crippen LogP contribution < -0.4 is 0 Å². The molecule has 1 saturated heterocycles. The van der Waals surface area contributed by atoms with E-state index in [1.165, 1.54) is 17.4 Å². The normalized spacial score (nSPS) is 13.6. The molecule has 1 aliphatic rings. The molecule has 0 unspecified atom stereocenters. The average molecular weight is 441 g/mol. The van der Waals surface area contributed by atoms with Gasteiger partial charge in [-0.15, -0.1) is 11.3 Å². The van der Waals surface area contributed by atoms with Crippen molar-refractivity contribution in [1.29, 1.82) is 5.41 Å². The Bertz CT molecular complexity index is 1070. The highest BCUT2D eigenvalue weighted by Gasteiger charge is 2.17. The van der Waals surface area contributed by atoms with Crippen molar-refractivity contribution < 1.29 is 9.18 Å². The highest BCUT2D eigenvalue weighted by atomic mass is 35.5. The van der Waals surface area contributed by atoms with Crippen LogP contribution in [0, 0.1) is 11.2 Å². The van der Waals surface area contributed by atoms with Crippen molar-refractivity contribution in [2.45, 2.75) is 25.7 Å². The summed E-state index contributed by atoms with van der Waals surface area (Å²) in [5.41, 5.74) is 3.04. The average Bonchev–Trinajstić information content (AvgIpc) is 3.45. The third-order valence-corrected chi connectivity index (χ3v) is 6.68. The van der Waals surface area contributed by atoms with Crippen molar-refractivity contribution in [3.8, 4) is 11.1 Å². The Morgan fingerprint density at radius 3 is 2.47 bits per heavy atom. The van der Waals surface area contributed by atoms with Crippen molar-refractivity contribution >= 4 is 34.6 Å². The highest BCUT2D eigenvalue weighted by Crippen LogP contribution is 2.27. The Morgan fingerprint density at radius 2 is 1.80 bits per heavy atom. The Kier molecular flexibility index (Phi) is 6.30. The van der Waals surface area contributed by atoms with E-state index >= 15 is 0 Å². The zero-order valence-electron chi connectivity index (χ0n) is 16.5. The number of amidine groups is 1. The van der Waals surface area contributed by atoms with Crippen LogP contribution in [-0.4, -0.2) is 29.6 Å². The van der Waals surface area contributed by atoms with Gasteiger partial charge in [-0.05, 0) is 54.7 Å². The lowest BCUT2D eigenvalue weighted by Crippen LogP contribution is -2.27. The number of benzene rings is 2. The van der Waals surface area contributed by atoms with Gasteiger partial charge in [-0.1, -0.05) is 41.9 Å². The summed E-state index contributed by atoms with van der Waals surface area (Å²) >= 11 is 7.19. The van der Waals surface area contributed by atoms with Gasteiger partial charge >= 0.3 is 0 Å². The number of carbonyl (C=O) groups excluding carboxylic acids is 1. The number of hydrogen-bond donors (Lipinski definition) is 1. The lowest BCUT2D eigenvalue weighted by atomic mass is 9.98. The van der Waals surface area contributed by atoms with E-state index in [2.05, 4.69) is 4.90 Å². The van der Waals surface area contributed by atoms with E-state index < -0.39 is 0 Å². The van der Waals surface area contributed by atoms with Gasteiger partial charge in [0.25, 0.3) is 0 Å². The lowest BCUT2D eigenvalue weighted by molar-refractivity contribution is 0.0986. The fourth-order valence-corrected chi connectivity index (χ4v) is 4.74. The van der Waals surface area contributed by atoms with Gasteiger partial charge in [-0.25, -0.2) is 4.39 Å². The number of aryl methyl sites for hydroxylation is 1. The summed E-state index contributed by atoms with van der Waals surface area (Å²) in [7, 11) is 0. The van der Waals surface area contributed by atoms with Gasteiger partial charge in [-0.2, -0.15) is 0 Å². The maximum atomic E-state index is 14.5. The van der Waals surface area contributed by atoms with Crippen LogP contribution >= 0.6 is 22.9 Å². The Hall–Kier alpha value is -2.50. The number of carbonyl (C=O) groups is 1. The van der Waals surface area contributed by atoms with E-state index in [9.17, 15) is 9.18 Å². The Labute approximate surface area is 184 Å². The summed E-state index contributed by atoms with van der Waals surface area (Å²) in [6.45, 7) is 1.85. The molecule has 30 heavy (non-hydrogen) atoms. The second-order valence-corrected chi connectivity index (χ2v) is 9.18. The van der Waals surface area contributed by atoms with Crippen LogP contribution in [-0.2, 0) is 6.42 Å². The van der Waals surface area contributed by atoms with E-state index in [0.717, 1.165) is 42.6 Å². The summed E-state index contributed by atoms with van der Waals surface area (Å²) in [6, 6.07) is 15.9. The van der Waals surface area contributed by atoms with Gasteiger partial charge in [0.1, 0.15) is 11.7 Å². The number of hydrogen-bond acceptors (Lipinski definition) is 3. The first-order valence-corrected chi connectivity index (χ1v) is 11.2. The van der Waals surface area contributed by atoms with Crippen LogP contribution in [0.15, 0.2) is 54.6 Å². The van der Waals surface area contributed by atoms with Gasteiger partial charge in [-0.3, -0.25) is 10.2 Å². The molecule has 0 bridgehead atoms. The standard InChI is InChI=1S/C24H22ClFN2OS/c25-23-12-11-22(30-23)21(29)10-4-16-3-9-20(26)19(15-16)17-5-7-18(8-6-17)24(27)28-13-1-2-14-28/h3,5-9,11-12,15,27H,1-2,4,10,13-14H2. The van der Waals surface area contributed by atoms with Crippen LogP contribution in [0.1, 0.15) is 40.1 Å². The van der Waals surface area contributed by atoms with Gasteiger partial charge in [0.05, 0.1) is 9.21 Å². The number of ketones is 1. The molecule has 0 atom stereocenters. The summed E-state index contributed by atoms with van der Waals surface area (Å²) in [5, 5.41) is 8.36. The van der Waals surface area contributed by atoms with E-state index in [1.54, 1.807) is 18.2 Å². The number of Topliss-reactive ketones (excluding diaryl/α,β-unsaturated/α-hetero) is 1. The smallest absolute Gasteiger partial charge is 0.173 e. The quantitative estimate of drug-likeness (QED) is 0.272. The van der Waals surface area contributed by atoms with Gasteiger partial charge < -0.3 is 4.90 Å². The predicted molar refractivity (Wildman–Crippen MR) is 121 cm³/mol. The van der Waals surface area contributed by atoms with Crippen molar-refractivity contribution in [1.82, 2.24) is 4.90 Å². The predicted octanol–water partition coefficient (Wildman–Crippen LogP) is 6.44. The molecular formula is C24H22ClFN2OS. The molecule has 6 heteroatoms. The molecule has 3 nitrogen and oxygen atoms in total. The van der Waals surface area contributed by atoms with Gasteiger partial charge in [0.2, 0.25) is 0 Å². The Morgan fingerprint density at radius 1 is 1.07 bits per heavy atom. The second kappa shape index (κ2) is 9.11. The third kappa shape index (κ3) is 4.63. The van der Waals surface area contributed by atoms with Crippen molar-refractivity contribution in [3.63, 3.8) is 0 Å². The minimum absolute atomic E-state index is 0.0440. The molecule has 1 fully saturated rings. The van der Waals surface area contributed by atoms with Crippen LogP contribution in [0.3, 0.4) is 0 Å². The molecule has 0 saturated carbocycles. The topological polar surface area (TPSA) is 44.2 Å². The molecule has 2 aromatic carbocycles. The highest BCUT2D eigenvalue weighted by molar-refractivity contribution is 7.18.